The Bertz CT molecular complexity index is 1260. The number of benzene rings is 2. The number of rotatable bonds is 6. The maximum atomic E-state index is 13.0. The average Bonchev–Trinajstić information content (AvgIpc) is 3.64. The normalized spacial score (nSPS) is 16.2. The zero-order valence-corrected chi connectivity index (χ0v) is 19.9. The summed E-state index contributed by atoms with van der Waals surface area (Å²) in [5.41, 5.74) is 1.30. The highest BCUT2D eigenvalue weighted by Gasteiger charge is 2.35. The highest BCUT2D eigenvalue weighted by molar-refractivity contribution is 7.18. The van der Waals surface area contributed by atoms with Crippen molar-refractivity contribution in [1.82, 2.24) is 15.1 Å². The lowest BCUT2D eigenvalue weighted by atomic mass is 10.2. The van der Waals surface area contributed by atoms with Crippen LogP contribution in [0.1, 0.15) is 12.8 Å². The Morgan fingerprint density at radius 1 is 1.06 bits per heavy atom. The maximum absolute atomic E-state index is 13.0. The first-order valence-corrected chi connectivity index (χ1v) is 11.7. The molecule has 1 aromatic heterocycles. The quantitative estimate of drug-likeness (QED) is 0.530. The van der Waals surface area contributed by atoms with Crippen LogP contribution in [0.3, 0.4) is 0 Å². The number of amides is 3. The second kappa shape index (κ2) is 9.66. The monoisotopic (exact) mass is 497 g/mol. The molecule has 1 saturated heterocycles. The lowest BCUT2D eigenvalue weighted by Crippen LogP contribution is -2.45. The predicted molar refractivity (Wildman–Crippen MR) is 128 cm³/mol. The second-order valence-corrected chi connectivity index (χ2v) is 8.79. The molecule has 2 aliphatic heterocycles. The van der Waals surface area contributed by atoms with Crippen LogP contribution in [-0.4, -0.2) is 60.6 Å². The van der Waals surface area contributed by atoms with Gasteiger partial charge in [0.25, 0.3) is 0 Å². The summed E-state index contributed by atoms with van der Waals surface area (Å²) in [7, 11) is 3.06. The van der Waals surface area contributed by atoms with Gasteiger partial charge in [-0.25, -0.2) is 4.79 Å². The van der Waals surface area contributed by atoms with Gasteiger partial charge >= 0.3 is 6.03 Å². The molecule has 2 aromatic carbocycles. The number of urea groups is 1. The van der Waals surface area contributed by atoms with Crippen molar-refractivity contribution >= 4 is 34.1 Å². The molecule has 11 nitrogen and oxygen atoms in total. The number of ether oxygens (including phenoxy) is 4. The van der Waals surface area contributed by atoms with Crippen molar-refractivity contribution in [2.75, 3.05) is 38.2 Å². The molecule has 3 aromatic rings. The van der Waals surface area contributed by atoms with E-state index in [1.54, 1.807) is 25.3 Å². The van der Waals surface area contributed by atoms with E-state index in [2.05, 4.69) is 20.8 Å². The van der Waals surface area contributed by atoms with Gasteiger partial charge in [0.2, 0.25) is 17.8 Å². The molecule has 0 aliphatic carbocycles. The molecular formula is C23H23N5O6S. The van der Waals surface area contributed by atoms with E-state index in [-0.39, 0.29) is 18.7 Å². The molecule has 0 radical (unpaired) electrons. The Balaban J connectivity index is 1.25. The van der Waals surface area contributed by atoms with E-state index in [0.717, 1.165) is 5.56 Å². The molecule has 0 bridgehead atoms. The van der Waals surface area contributed by atoms with Crippen LogP contribution in [0.25, 0.3) is 10.6 Å². The van der Waals surface area contributed by atoms with Crippen molar-refractivity contribution in [3.63, 3.8) is 0 Å². The summed E-state index contributed by atoms with van der Waals surface area (Å²) < 4.78 is 21.3. The van der Waals surface area contributed by atoms with Gasteiger partial charge in [-0.1, -0.05) is 11.3 Å². The lowest BCUT2D eigenvalue weighted by Gasteiger charge is -2.24. The van der Waals surface area contributed by atoms with Crippen molar-refractivity contribution in [2.24, 2.45) is 0 Å². The third kappa shape index (κ3) is 4.64. The average molecular weight is 498 g/mol. The highest BCUT2D eigenvalue weighted by atomic mass is 32.1. The van der Waals surface area contributed by atoms with Gasteiger partial charge in [-0.2, -0.15) is 0 Å². The van der Waals surface area contributed by atoms with E-state index >= 15 is 0 Å². The van der Waals surface area contributed by atoms with E-state index in [9.17, 15) is 9.59 Å². The molecule has 1 fully saturated rings. The third-order valence-electron chi connectivity index (χ3n) is 5.74. The number of carbonyl (C=O) groups is 2. The molecule has 3 amide bonds. The summed E-state index contributed by atoms with van der Waals surface area (Å²) in [5.74, 6) is 2.08. The van der Waals surface area contributed by atoms with Crippen LogP contribution in [0.4, 0.5) is 15.6 Å². The highest BCUT2D eigenvalue weighted by Crippen LogP contribution is 2.37. The van der Waals surface area contributed by atoms with E-state index < -0.39 is 6.04 Å². The van der Waals surface area contributed by atoms with Crippen molar-refractivity contribution in [1.29, 1.82) is 0 Å². The Hall–Kier alpha value is -4.06. The zero-order valence-electron chi connectivity index (χ0n) is 19.1. The Labute approximate surface area is 205 Å². The Morgan fingerprint density at radius 2 is 1.91 bits per heavy atom. The minimum atomic E-state index is -0.628. The first kappa shape index (κ1) is 22.7. The molecule has 1 unspecified atom stereocenters. The van der Waals surface area contributed by atoms with E-state index in [1.165, 1.54) is 23.3 Å². The van der Waals surface area contributed by atoms with Crippen LogP contribution in [0, 0.1) is 0 Å². The second-order valence-electron chi connectivity index (χ2n) is 7.82. The number of methoxy groups -OCH3 is 2. The predicted octanol–water partition coefficient (Wildman–Crippen LogP) is 3.59. The van der Waals surface area contributed by atoms with Crippen LogP contribution in [0.5, 0.6) is 23.0 Å². The molecule has 182 valence electrons. The van der Waals surface area contributed by atoms with Crippen LogP contribution in [-0.2, 0) is 4.79 Å². The summed E-state index contributed by atoms with van der Waals surface area (Å²) in [6, 6.07) is 9.57. The first-order valence-electron chi connectivity index (χ1n) is 10.9. The van der Waals surface area contributed by atoms with Gasteiger partial charge in [0.1, 0.15) is 22.5 Å². The number of aromatic nitrogens is 2. The lowest BCUT2D eigenvalue weighted by molar-refractivity contribution is -0.119. The van der Waals surface area contributed by atoms with Gasteiger partial charge in [-0.3, -0.25) is 10.1 Å². The van der Waals surface area contributed by atoms with Gasteiger partial charge in [-0.15, -0.1) is 10.2 Å². The number of nitrogens with one attached hydrogen (secondary N) is 2. The molecular weight excluding hydrogens is 474 g/mol. The molecule has 3 heterocycles. The van der Waals surface area contributed by atoms with Crippen LogP contribution in [0.2, 0.25) is 0 Å². The zero-order chi connectivity index (χ0) is 24.4. The summed E-state index contributed by atoms with van der Waals surface area (Å²) in [6.45, 7) is 0.647. The van der Waals surface area contributed by atoms with Crippen molar-refractivity contribution in [3.05, 3.63) is 36.4 Å². The first-order chi connectivity index (χ1) is 17.1. The van der Waals surface area contributed by atoms with E-state index in [0.29, 0.717) is 58.2 Å². The van der Waals surface area contributed by atoms with Crippen LogP contribution < -0.4 is 29.6 Å². The SMILES string of the molecule is COc1ccc(NC(=O)N2CCCC2C(=O)Nc2nnc(-c3ccc4c(c3)OCO4)s2)c(OC)c1. The minimum Gasteiger partial charge on any atom is -0.497 e. The summed E-state index contributed by atoms with van der Waals surface area (Å²) in [5, 5.41) is 14.9. The minimum absolute atomic E-state index is 0.187. The van der Waals surface area contributed by atoms with Gasteiger partial charge in [0, 0.05) is 18.2 Å². The molecule has 5 rings (SSSR count). The molecule has 2 aliphatic rings. The fourth-order valence-corrected chi connectivity index (χ4v) is 4.72. The Kier molecular flexibility index (Phi) is 6.27. The molecule has 12 heteroatoms. The number of likely N-dealkylation sites (tertiary alicyclic amines) is 1. The van der Waals surface area contributed by atoms with Gasteiger partial charge in [0.15, 0.2) is 11.5 Å². The smallest absolute Gasteiger partial charge is 0.322 e. The molecule has 35 heavy (non-hydrogen) atoms. The third-order valence-corrected chi connectivity index (χ3v) is 6.63. The number of anilines is 2. The molecule has 0 spiro atoms. The molecule has 2 N–H and O–H groups in total. The number of fused-ring (bicyclic) bond motifs is 1. The summed E-state index contributed by atoms with van der Waals surface area (Å²) in [4.78, 5) is 27.5. The molecule has 0 saturated carbocycles. The maximum Gasteiger partial charge on any atom is 0.322 e. The summed E-state index contributed by atoms with van der Waals surface area (Å²) >= 11 is 1.24. The fourth-order valence-electron chi connectivity index (χ4n) is 3.98. The standard InChI is InChI=1S/C23H23N5O6S/c1-31-14-6-7-15(18(11-14)32-2)24-23(30)28-9-3-4-16(28)20(29)25-22-27-26-21(35-22)13-5-8-17-19(10-13)34-12-33-17/h5-8,10-11,16H,3-4,9,12H2,1-2H3,(H,24,30)(H,25,27,29). The van der Waals surface area contributed by atoms with Crippen molar-refractivity contribution in [3.8, 4) is 33.6 Å². The summed E-state index contributed by atoms with van der Waals surface area (Å²) in [6.07, 6.45) is 1.26. The number of hydrogen-bond donors (Lipinski definition) is 2. The van der Waals surface area contributed by atoms with Gasteiger partial charge < -0.3 is 29.2 Å². The van der Waals surface area contributed by atoms with Crippen LogP contribution in [0.15, 0.2) is 36.4 Å². The van der Waals surface area contributed by atoms with Crippen LogP contribution >= 0.6 is 11.3 Å². The molecule has 1 atom stereocenters. The Morgan fingerprint density at radius 3 is 2.74 bits per heavy atom. The van der Waals surface area contributed by atoms with Gasteiger partial charge in [-0.05, 0) is 43.2 Å². The van der Waals surface area contributed by atoms with E-state index in [1.807, 2.05) is 18.2 Å². The van der Waals surface area contributed by atoms with Crippen molar-refractivity contribution < 1.29 is 28.5 Å². The number of hydrogen-bond acceptors (Lipinski definition) is 9. The van der Waals surface area contributed by atoms with Gasteiger partial charge in [0.05, 0.1) is 19.9 Å². The largest absolute Gasteiger partial charge is 0.497 e. The number of nitrogens with zero attached hydrogens (tertiary/aromatic N) is 3. The van der Waals surface area contributed by atoms with E-state index in [4.69, 9.17) is 18.9 Å². The van der Waals surface area contributed by atoms with Crippen molar-refractivity contribution in [2.45, 2.75) is 18.9 Å². The fraction of sp³-hybridized carbons (Fsp3) is 0.304. The topological polar surface area (TPSA) is 124 Å². The number of carbonyl (C=O) groups excluding carboxylic acids is 2.